The van der Waals surface area contributed by atoms with Crippen LogP contribution in [0.2, 0.25) is 0 Å². The molecule has 2 unspecified atom stereocenters. The molecule has 0 aliphatic heterocycles. The van der Waals surface area contributed by atoms with Crippen molar-refractivity contribution in [3.63, 3.8) is 0 Å². The van der Waals surface area contributed by atoms with Crippen molar-refractivity contribution in [2.24, 2.45) is 11.8 Å². The molecule has 0 heterocycles. The maximum absolute atomic E-state index is 12.4. The highest BCUT2D eigenvalue weighted by atomic mass is 79.9. The summed E-state index contributed by atoms with van der Waals surface area (Å²) in [5.41, 5.74) is 6.07. The molecule has 5 nitrogen and oxygen atoms in total. The number of benzene rings is 1. The van der Waals surface area contributed by atoms with Gasteiger partial charge in [-0.1, -0.05) is 12.8 Å². The Balaban J connectivity index is 2.09. The van der Waals surface area contributed by atoms with Gasteiger partial charge in [0.2, 0.25) is 10.0 Å². The highest BCUT2D eigenvalue weighted by Crippen LogP contribution is 2.30. The number of aliphatic hydroxyl groups is 1. The first-order chi connectivity index (χ1) is 9.94. The number of rotatable bonds is 5. The van der Waals surface area contributed by atoms with Crippen LogP contribution >= 0.6 is 15.9 Å². The minimum absolute atomic E-state index is 0.119. The number of halogens is 1. The number of anilines is 1. The van der Waals surface area contributed by atoms with Crippen LogP contribution in [0.1, 0.15) is 25.7 Å². The van der Waals surface area contributed by atoms with E-state index in [1.54, 1.807) is 12.1 Å². The SMILES string of the molecule is Nc1ccc(Br)c(S(=O)(=O)NCC2CCCCC2CO)c1. The predicted octanol–water partition coefficient (Wildman–Crippen LogP) is 2.11. The molecule has 1 aromatic rings. The molecule has 1 saturated carbocycles. The molecule has 4 N–H and O–H groups in total. The van der Waals surface area contributed by atoms with Crippen LogP contribution in [0.4, 0.5) is 5.69 Å². The van der Waals surface area contributed by atoms with Gasteiger partial charge in [0.15, 0.2) is 0 Å². The molecular weight excluding hydrogens is 356 g/mol. The van der Waals surface area contributed by atoms with Crippen molar-refractivity contribution in [1.29, 1.82) is 0 Å². The average Bonchev–Trinajstić information content (AvgIpc) is 2.48. The Morgan fingerprint density at radius 2 is 1.95 bits per heavy atom. The number of hydrogen-bond acceptors (Lipinski definition) is 4. The van der Waals surface area contributed by atoms with Crippen LogP contribution in [0, 0.1) is 11.8 Å². The zero-order chi connectivity index (χ0) is 15.5. The summed E-state index contributed by atoms with van der Waals surface area (Å²) < 4.78 is 27.9. The number of hydrogen-bond donors (Lipinski definition) is 3. The summed E-state index contributed by atoms with van der Waals surface area (Å²) in [6.07, 6.45) is 4.11. The van der Waals surface area contributed by atoms with Crippen LogP contribution in [-0.2, 0) is 10.0 Å². The molecule has 2 rings (SSSR count). The van der Waals surface area contributed by atoms with E-state index in [2.05, 4.69) is 20.7 Å². The second-order valence-corrected chi connectivity index (χ2v) is 8.12. The lowest BCUT2D eigenvalue weighted by molar-refractivity contribution is 0.136. The van der Waals surface area contributed by atoms with Gasteiger partial charge in [0, 0.05) is 23.3 Å². The lowest BCUT2D eigenvalue weighted by Crippen LogP contribution is -2.35. The van der Waals surface area contributed by atoms with Crippen molar-refractivity contribution in [3.05, 3.63) is 22.7 Å². The van der Waals surface area contributed by atoms with Crippen LogP contribution in [0.15, 0.2) is 27.6 Å². The van der Waals surface area contributed by atoms with Gasteiger partial charge in [-0.15, -0.1) is 0 Å². The van der Waals surface area contributed by atoms with Gasteiger partial charge >= 0.3 is 0 Å². The lowest BCUT2D eigenvalue weighted by Gasteiger charge is -2.30. The summed E-state index contributed by atoms with van der Waals surface area (Å²) in [6, 6.07) is 4.71. The third kappa shape index (κ3) is 4.18. The summed E-state index contributed by atoms with van der Waals surface area (Å²) in [5.74, 6) is 0.379. The third-order valence-electron chi connectivity index (χ3n) is 4.08. The second kappa shape index (κ2) is 7.09. The van der Waals surface area contributed by atoms with Crippen molar-refractivity contribution < 1.29 is 13.5 Å². The molecule has 0 radical (unpaired) electrons. The van der Waals surface area contributed by atoms with Crippen molar-refractivity contribution >= 4 is 31.6 Å². The first kappa shape index (κ1) is 16.7. The van der Waals surface area contributed by atoms with Crippen molar-refractivity contribution in [3.8, 4) is 0 Å². The lowest BCUT2D eigenvalue weighted by atomic mass is 9.80. The highest BCUT2D eigenvalue weighted by Gasteiger charge is 2.27. The topological polar surface area (TPSA) is 92.4 Å². The van der Waals surface area contributed by atoms with E-state index < -0.39 is 10.0 Å². The van der Waals surface area contributed by atoms with E-state index in [1.165, 1.54) is 6.07 Å². The van der Waals surface area contributed by atoms with Crippen molar-refractivity contribution in [1.82, 2.24) is 4.72 Å². The van der Waals surface area contributed by atoms with E-state index in [9.17, 15) is 13.5 Å². The minimum Gasteiger partial charge on any atom is -0.399 e. The van der Waals surface area contributed by atoms with E-state index >= 15 is 0 Å². The first-order valence-electron chi connectivity index (χ1n) is 7.09. The summed E-state index contributed by atoms with van der Waals surface area (Å²) in [7, 11) is -3.60. The Morgan fingerprint density at radius 3 is 2.62 bits per heavy atom. The minimum atomic E-state index is -3.60. The van der Waals surface area contributed by atoms with E-state index in [0.29, 0.717) is 16.7 Å². The van der Waals surface area contributed by atoms with Gasteiger partial charge in [0.25, 0.3) is 0 Å². The molecule has 0 bridgehead atoms. The fourth-order valence-corrected chi connectivity index (χ4v) is 4.90. The second-order valence-electron chi connectivity index (χ2n) is 5.53. The van der Waals surface area contributed by atoms with Gasteiger partial charge in [-0.3, -0.25) is 0 Å². The van der Waals surface area contributed by atoms with E-state index in [4.69, 9.17) is 5.73 Å². The fourth-order valence-electron chi connectivity index (χ4n) is 2.81. The van der Waals surface area contributed by atoms with E-state index in [-0.39, 0.29) is 23.3 Å². The van der Waals surface area contributed by atoms with Crippen LogP contribution in [0.3, 0.4) is 0 Å². The van der Waals surface area contributed by atoms with E-state index in [1.807, 2.05) is 0 Å². The molecule has 1 aliphatic carbocycles. The quantitative estimate of drug-likeness (QED) is 0.686. The summed E-state index contributed by atoms with van der Waals surface area (Å²) in [4.78, 5) is 0.152. The Labute approximate surface area is 134 Å². The van der Waals surface area contributed by atoms with Gasteiger partial charge in [0.05, 0.1) is 4.90 Å². The van der Waals surface area contributed by atoms with Gasteiger partial charge < -0.3 is 10.8 Å². The molecular formula is C14H21BrN2O3S. The molecule has 1 aliphatic rings. The molecule has 0 amide bonds. The molecule has 21 heavy (non-hydrogen) atoms. The Bertz CT molecular complexity index is 592. The first-order valence-corrected chi connectivity index (χ1v) is 9.37. The van der Waals surface area contributed by atoms with Crippen molar-refractivity contribution in [2.75, 3.05) is 18.9 Å². The molecule has 7 heteroatoms. The monoisotopic (exact) mass is 376 g/mol. The largest absolute Gasteiger partial charge is 0.399 e. The standard InChI is InChI=1S/C14H21BrN2O3S/c15-13-6-5-12(16)7-14(13)21(19,20)17-8-10-3-1-2-4-11(10)9-18/h5-7,10-11,17-18H,1-4,8-9,16H2. The number of nitrogens with one attached hydrogen (secondary N) is 1. The predicted molar refractivity (Wildman–Crippen MR) is 86.3 cm³/mol. The number of nitrogens with two attached hydrogens (primary N) is 1. The van der Waals surface area contributed by atoms with Crippen LogP contribution in [-0.4, -0.2) is 26.7 Å². The van der Waals surface area contributed by atoms with Crippen LogP contribution in [0.25, 0.3) is 0 Å². The average molecular weight is 377 g/mol. The zero-order valence-corrected chi connectivity index (χ0v) is 14.2. The van der Waals surface area contributed by atoms with Gasteiger partial charge in [-0.2, -0.15) is 0 Å². The molecule has 118 valence electrons. The maximum Gasteiger partial charge on any atom is 0.241 e. The molecule has 1 fully saturated rings. The van der Waals surface area contributed by atoms with Crippen LogP contribution in [0.5, 0.6) is 0 Å². The van der Waals surface area contributed by atoms with Crippen LogP contribution < -0.4 is 10.5 Å². The molecule has 1 aromatic carbocycles. The molecule has 2 atom stereocenters. The molecule has 0 aromatic heterocycles. The van der Waals surface area contributed by atoms with Crippen molar-refractivity contribution in [2.45, 2.75) is 30.6 Å². The third-order valence-corrected chi connectivity index (χ3v) is 6.50. The van der Waals surface area contributed by atoms with Gasteiger partial charge in [0.1, 0.15) is 0 Å². The Hall–Kier alpha value is -0.630. The van der Waals surface area contributed by atoms with E-state index in [0.717, 1.165) is 25.7 Å². The number of nitrogen functional groups attached to an aromatic ring is 1. The number of aliphatic hydroxyl groups excluding tert-OH is 1. The summed E-state index contributed by atoms with van der Waals surface area (Å²) in [5, 5.41) is 9.39. The van der Waals surface area contributed by atoms with Gasteiger partial charge in [-0.25, -0.2) is 13.1 Å². The Morgan fingerprint density at radius 1 is 1.29 bits per heavy atom. The fraction of sp³-hybridized carbons (Fsp3) is 0.571. The zero-order valence-electron chi connectivity index (χ0n) is 11.8. The maximum atomic E-state index is 12.4. The van der Waals surface area contributed by atoms with Gasteiger partial charge in [-0.05, 0) is 58.8 Å². The highest BCUT2D eigenvalue weighted by molar-refractivity contribution is 9.10. The molecule has 0 saturated heterocycles. The number of sulfonamides is 1. The summed E-state index contributed by atoms with van der Waals surface area (Å²) in [6.45, 7) is 0.475. The summed E-state index contributed by atoms with van der Waals surface area (Å²) >= 11 is 3.24. The Kier molecular flexibility index (Phi) is 5.65. The normalized spacial score (nSPS) is 23.1. The smallest absolute Gasteiger partial charge is 0.241 e. The molecule has 0 spiro atoms.